The van der Waals surface area contributed by atoms with E-state index in [9.17, 15) is 14.4 Å². The van der Waals surface area contributed by atoms with Gasteiger partial charge in [-0.2, -0.15) is 0 Å². The van der Waals surface area contributed by atoms with Crippen molar-refractivity contribution in [1.29, 1.82) is 0 Å². The number of fused-ring (bicyclic) bond motifs is 2. The second kappa shape index (κ2) is 13.0. The number of carbonyl (C=O) groups excluding carboxylic acids is 3. The molecule has 0 unspecified atom stereocenters. The molecule has 0 aliphatic carbocycles. The summed E-state index contributed by atoms with van der Waals surface area (Å²) in [6.07, 6.45) is 3.45. The molecule has 3 N–H and O–H groups in total. The normalized spacial score (nSPS) is 17.3. The van der Waals surface area contributed by atoms with Crippen LogP contribution in [0.4, 0.5) is 0 Å². The molecule has 0 bridgehead atoms. The molecule has 2 heterocycles. The zero-order valence-corrected chi connectivity index (χ0v) is 23.6. The second-order valence-electron chi connectivity index (χ2n) is 10.1. The first-order chi connectivity index (χ1) is 18.7. The third-order valence-electron chi connectivity index (χ3n) is 7.32. The molecule has 1 atom stereocenters. The Morgan fingerprint density at radius 3 is 2.77 bits per heavy atom. The minimum absolute atomic E-state index is 0.124. The Hall–Kier alpha value is -3.52. The van der Waals surface area contributed by atoms with Crippen molar-refractivity contribution in [2.45, 2.75) is 58.4 Å². The highest BCUT2D eigenvalue weighted by Crippen LogP contribution is 2.26. The van der Waals surface area contributed by atoms with E-state index in [0.717, 1.165) is 30.5 Å². The van der Waals surface area contributed by atoms with Crippen molar-refractivity contribution in [2.24, 2.45) is 7.05 Å². The summed E-state index contributed by atoms with van der Waals surface area (Å²) in [5, 5.41) is 10.3. The van der Waals surface area contributed by atoms with Gasteiger partial charge in [0, 0.05) is 48.2 Å². The first-order valence-corrected chi connectivity index (χ1v) is 13.9. The van der Waals surface area contributed by atoms with E-state index in [2.05, 4.69) is 52.6 Å². The first kappa shape index (κ1) is 28.5. The number of halogens is 1. The van der Waals surface area contributed by atoms with Crippen LogP contribution in [0.25, 0.3) is 10.9 Å². The van der Waals surface area contributed by atoms with Crippen molar-refractivity contribution in [3.05, 3.63) is 63.8 Å². The van der Waals surface area contributed by atoms with Gasteiger partial charge in [-0.25, -0.2) is 0 Å². The number of carbonyl (C=O) groups is 3. The monoisotopic (exact) mass is 552 g/mol. The third-order valence-corrected chi connectivity index (χ3v) is 7.56. The lowest BCUT2D eigenvalue weighted by molar-refractivity contribution is -0.124. The predicted molar refractivity (Wildman–Crippen MR) is 153 cm³/mol. The third kappa shape index (κ3) is 7.12. The largest absolute Gasteiger partial charge is 0.493 e. The molecule has 2 aromatic carbocycles. The van der Waals surface area contributed by atoms with E-state index in [1.165, 1.54) is 22.6 Å². The number of benzene rings is 2. The van der Waals surface area contributed by atoms with Crippen LogP contribution in [-0.4, -0.2) is 48.0 Å². The molecule has 1 aliphatic rings. The number of ether oxygens (including phenoxy) is 1. The van der Waals surface area contributed by atoms with Crippen LogP contribution in [-0.2, 0) is 23.1 Å². The van der Waals surface area contributed by atoms with Crippen LogP contribution in [0.5, 0.6) is 5.75 Å². The van der Waals surface area contributed by atoms with Crippen molar-refractivity contribution in [3.8, 4) is 5.75 Å². The summed E-state index contributed by atoms with van der Waals surface area (Å²) in [5.41, 5.74) is 4.95. The smallest absolute Gasteiger partial charge is 0.255 e. The molecule has 9 heteroatoms. The summed E-state index contributed by atoms with van der Waals surface area (Å²) >= 11 is 6.18. The van der Waals surface area contributed by atoms with Gasteiger partial charge in [-0.05, 0) is 81.3 Å². The average molecular weight is 553 g/mol. The van der Waals surface area contributed by atoms with Gasteiger partial charge in [0.25, 0.3) is 5.91 Å². The minimum Gasteiger partial charge on any atom is -0.493 e. The molecular formula is C30H37ClN4O4. The number of aromatic nitrogens is 1. The number of nitrogens with zero attached hydrogens (tertiary/aromatic N) is 1. The number of hydrogen-bond donors (Lipinski definition) is 3. The van der Waals surface area contributed by atoms with Crippen molar-refractivity contribution in [1.82, 2.24) is 20.5 Å². The highest BCUT2D eigenvalue weighted by molar-refractivity contribution is 6.31. The van der Waals surface area contributed by atoms with Crippen LogP contribution >= 0.6 is 11.6 Å². The number of rotatable bonds is 4. The molecule has 1 aromatic heterocycles. The molecule has 0 fully saturated rings. The maximum absolute atomic E-state index is 13.3. The summed E-state index contributed by atoms with van der Waals surface area (Å²) in [7, 11) is 2.05. The van der Waals surface area contributed by atoms with Crippen LogP contribution in [0.15, 0.2) is 36.4 Å². The molecule has 1 aliphatic heterocycles. The lowest BCUT2D eigenvalue weighted by atomic mass is 10.1. The van der Waals surface area contributed by atoms with E-state index in [1.807, 2.05) is 7.05 Å². The molecular weight excluding hydrogens is 516 g/mol. The second-order valence-corrected chi connectivity index (χ2v) is 10.6. The van der Waals surface area contributed by atoms with Crippen molar-refractivity contribution < 1.29 is 19.1 Å². The molecule has 39 heavy (non-hydrogen) atoms. The van der Waals surface area contributed by atoms with Gasteiger partial charge in [0.05, 0.1) is 12.2 Å². The number of nitrogens with one attached hydrogen (secondary N) is 3. The number of amides is 3. The Balaban J connectivity index is 1.49. The Morgan fingerprint density at radius 1 is 1.13 bits per heavy atom. The fraction of sp³-hybridized carbons (Fsp3) is 0.433. The lowest BCUT2D eigenvalue weighted by Crippen LogP contribution is -2.47. The van der Waals surface area contributed by atoms with E-state index in [0.29, 0.717) is 36.9 Å². The van der Waals surface area contributed by atoms with Gasteiger partial charge in [0.1, 0.15) is 11.8 Å². The molecule has 4 rings (SSSR count). The van der Waals surface area contributed by atoms with Gasteiger partial charge in [-0.3, -0.25) is 14.4 Å². The van der Waals surface area contributed by atoms with Gasteiger partial charge in [0.15, 0.2) is 0 Å². The maximum Gasteiger partial charge on any atom is 0.255 e. The van der Waals surface area contributed by atoms with E-state index in [1.54, 1.807) is 12.1 Å². The zero-order valence-electron chi connectivity index (χ0n) is 22.9. The quantitative estimate of drug-likeness (QED) is 0.447. The predicted octanol–water partition coefficient (Wildman–Crippen LogP) is 4.36. The molecule has 0 spiro atoms. The standard InChI is InChI=1S/C30H37ClN4O4/c1-19-7-9-23-22(20(2)35(3)26(23)17-19)13-15-33-30(38)25-10-12-28(36)32-14-5-4-6-16-39-27-11-8-21(31)18-24(27)29(37)34-25/h7-9,11,17-18,25H,4-6,10,12-16H2,1-3H3,(H,32,36)(H,33,38)(H,34,37)/t25-/m0/s1. The molecule has 3 aromatic rings. The SMILES string of the molecule is Cc1ccc2c(CCNC(=O)[C@@H]3CCC(=O)NCCCCCOc4ccc(Cl)cc4C(=O)N3)c(C)n(C)c2c1. The Morgan fingerprint density at radius 2 is 1.95 bits per heavy atom. The van der Waals surface area contributed by atoms with Gasteiger partial charge in [-0.15, -0.1) is 0 Å². The molecule has 0 saturated heterocycles. The van der Waals surface area contributed by atoms with Crippen molar-refractivity contribution in [3.63, 3.8) is 0 Å². The van der Waals surface area contributed by atoms with Crippen molar-refractivity contribution >= 4 is 40.2 Å². The average Bonchev–Trinajstić information content (AvgIpc) is 3.14. The molecule has 208 valence electrons. The van der Waals surface area contributed by atoms with Gasteiger partial charge >= 0.3 is 0 Å². The minimum atomic E-state index is -0.892. The molecule has 3 amide bonds. The summed E-state index contributed by atoms with van der Waals surface area (Å²) in [6, 6.07) is 10.4. The maximum atomic E-state index is 13.3. The van der Waals surface area contributed by atoms with Crippen molar-refractivity contribution in [2.75, 3.05) is 19.7 Å². The van der Waals surface area contributed by atoms with Crippen LogP contribution in [0.1, 0.15) is 59.3 Å². The van der Waals surface area contributed by atoms with E-state index < -0.39 is 11.9 Å². The molecule has 8 nitrogen and oxygen atoms in total. The van der Waals surface area contributed by atoms with Gasteiger partial charge in [0.2, 0.25) is 11.8 Å². The Labute approximate surface area is 234 Å². The Kier molecular flexibility index (Phi) is 9.51. The first-order valence-electron chi connectivity index (χ1n) is 13.6. The fourth-order valence-corrected chi connectivity index (χ4v) is 5.16. The van der Waals surface area contributed by atoms with Crippen LogP contribution in [0, 0.1) is 13.8 Å². The summed E-state index contributed by atoms with van der Waals surface area (Å²) in [5.74, 6) is -0.526. The van der Waals surface area contributed by atoms with Gasteiger partial charge < -0.3 is 25.3 Å². The summed E-state index contributed by atoms with van der Waals surface area (Å²) in [6.45, 7) is 5.56. The number of hydrogen-bond acceptors (Lipinski definition) is 4. The van der Waals surface area contributed by atoms with E-state index >= 15 is 0 Å². The van der Waals surface area contributed by atoms with E-state index in [-0.39, 0.29) is 30.2 Å². The number of aryl methyl sites for hydroxylation is 2. The fourth-order valence-electron chi connectivity index (χ4n) is 4.99. The lowest BCUT2D eigenvalue weighted by Gasteiger charge is -2.19. The Bertz CT molecular complexity index is 1370. The van der Waals surface area contributed by atoms with Crippen LogP contribution < -0.4 is 20.7 Å². The van der Waals surface area contributed by atoms with Gasteiger partial charge in [-0.1, -0.05) is 23.7 Å². The van der Waals surface area contributed by atoms with Crippen LogP contribution in [0.3, 0.4) is 0 Å². The summed E-state index contributed by atoms with van der Waals surface area (Å²) < 4.78 is 8.04. The molecule has 0 saturated carbocycles. The highest BCUT2D eigenvalue weighted by Gasteiger charge is 2.24. The zero-order chi connectivity index (χ0) is 27.9. The summed E-state index contributed by atoms with van der Waals surface area (Å²) in [4.78, 5) is 39.0. The topological polar surface area (TPSA) is 101 Å². The van der Waals surface area contributed by atoms with E-state index in [4.69, 9.17) is 16.3 Å². The van der Waals surface area contributed by atoms with Crippen LogP contribution in [0.2, 0.25) is 5.02 Å². The highest BCUT2D eigenvalue weighted by atomic mass is 35.5. The molecule has 0 radical (unpaired) electrons.